The van der Waals surface area contributed by atoms with Crippen LogP contribution < -0.4 is 10.6 Å². The summed E-state index contributed by atoms with van der Waals surface area (Å²) in [4.78, 5) is 3.76. The first kappa shape index (κ1) is 13.1. The third-order valence-electron chi connectivity index (χ3n) is 2.90. The van der Waals surface area contributed by atoms with Gasteiger partial charge in [-0.25, -0.2) is 4.98 Å². The molecular weight excluding hydrogens is 247 g/mol. The largest absolute Gasteiger partial charge is 0.419 e. The van der Waals surface area contributed by atoms with Gasteiger partial charge in [0.2, 0.25) is 0 Å². The number of ether oxygens (including phenoxy) is 1. The van der Waals surface area contributed by atoms with Gasteiger partial charge in [-0.05, 0) is 12.1 Å². The lowest BCUT2D eigenvalue weighted by molar-refractivity contribution is -0.137. The average Bonchev–Trinajstić information content (AvgIpc) is 2.75. The van der Waals surface area contributed by atoms with Crippen LogP contribution in [0.2, 0.25) is 0 Å². The Morgan fingerprint density at radius 3 is 2.89 bits per heavy atom. The van der Waals surface area contributed by atoms with Crippen molar-refractivity contribution in [2.75, 3.05) is 25.5 Å². The minimum atomic E-state index is -4.41. The Hall–Kier alpha value is -1.34. The van der Waals surface area contributed by atoms with E-state index in [1.54, 1.807) is 0 Å². The maximum absolute atomic E-state index is 12.8. The highest BCUT2D eigenvalue weighted by atomic mass is 19.4. The fourth-order valence-corrected chi connectivity index (χ4v) is 1.97. The van der Waals surface area contributed by atoms with Crippen LogP contribution in [-0.2, 0) is 10.9 Å². The first-order valence-corrected chi connectivity index (χ1v) is 5.54. The van der Waals surface area contributed by atoms with Crippen LogP contribution in [0.3, 0.4) is 0 Å². The zero-order valence-electron chi connectivity index (χ0n) is 9.79. The van der Waals surface area contributed by atoms with Gasteiger partial charge >= 0.3 is 6.18 Å². The van der Waals surface area contributed by atoms with E-state index in [2.05, 4.69) is 15.6 Å². The van der Waals surface area contributed by atoms with Crippen molar-refractivity contribution in [3.63, 3.8) is 0 Å². The predicted octanol–water partition coefficient (Wildman–Crippen LogP) is 1.50. The number of rotatable bonds is 3. The van der Waals surface area contributed by atoms with Crippen LogP contribution in [0.5, 0.6) is 0 Å². The Bertz CT molecular complexity index is 411. The van der Waals surface area contributed by atoms with Crippen LogP contribution in [0.1, 0.15) is 5.56 Å². The number of hydrogen-bond acceptors (Lipinski definition) is 4. The van der Waals surface area contributed by atoms with Crippen molar-refractivity contribution in [3.8, 4) is 0 Å². The lowest BCUT2D eigenvalue weighted by Gasteiger charge is -2.21. The summed E-state index contributed by atoms with van der Waals surface area (Å²) in [5, 5.41) is 5.85. The zero-order chi connectivity index (χ0) is 13.2. The molecule has 0 aromatic carbocycles. The average molecular weight is 261 g/mol. The SMILES string of the molecule is CO[C@H]1CNCC1Nc1ncccc1C(F)(F)F. The van der Waals surface area contributed by atoms with Crippen LogP contribution in [0.25, 0.3) is 0 Å². The lowest BCUT2D eigenvalue weighted by atomic mass is 10.2. The highest BCUT2D eigenvalue weighted by Gasteiger charge is 2.36. The smallest absolute Gasteiger partial charge is 0.378 e. The van der Waals surface area contributed by atoms with E-state index in [1.165, 1.54) is 19.4 Å². The minimum Gasteiger partial charge on any atom is -0.378 e. The van der Waals surface area contributed by atoms with Crippen molar-refractivity contribution in [2.24, 2.45) is 0 Å². The molecule has 7 heteroatoms. The molecule has 0 amide bonds. The topological polar surface area (TPSA) is 46.2 Å². The van der Waals surface area contributed by atoms with E-state index in [4.69, 9.17) is 4.74 Å². The maximum Gasteiger partial charge on any atom is 0.419 e. The summed E-state index contributed by atoms with van der Waals surface area (Å²) in [7, 11) is 1.54. The summed E-state index contributed by atoms with van der Waals surface area (Å²) in [5.41, 5.74) is -0.758. The summed E-state index contributed by atoms with van der Waals surface area (Å²) >= 11 is 0. The molecule has 2 heterocycles. The number of pyridine rings is 1. The standard InChI is InChI=1S/C11H14F3N3O/c1-18-9-6-15-5-8(9)17-10-7(11(12,13)14)3-2-4-16-10/h2-4,8-9,15H,5-6H2,1H3,(H,16,17)/t8?,9-/m0/s1. The summed E-state index contributed by atoms with van der Waals surface area (Å²) in [5.74, 6) is -0.152. The molecule has 0 spiro atoms. The number of methoxy groups -OCH3 is 1. The van der Waals surface area contributed by atoms with Crippen molar-refractivity contribution in [1.82, 2.24) is 10.3 Å². The number of hydrogen-bond donors (Lipinski definition) is 2. The number of alkyl halides is 3. The molecule has 4 nitrogen and oxygen atoms in total. The second-order valence-electron chi connectivity index (χ2n) is 4.08. The molecule has 2 rings (SSSR count). The van der Waals surface area contributed by atoms with Gasteiger partial charge in [-0.3, -0.25) is 0 Å². The van der Waals surface area contributed by atoms with Gasteiger partial charge in [0.25, 0.3) is 0 Å². The van der Waals surface area contributed by atoms with Crippen LogP contribution >= 0.6 is 0 Å². The Morgan fingerprint density at radius 1 is 1.44 bits per heavy atom. The summed E-state index contributed by atoms with van der Waals surface area (Å²) in [6.45, 7) is 1.16. The van der Waals surface area contributed by atoms with E-state index < -0.39 is 11.7 Å². The molecule has 0 saturated carbocycles. The Morgan fingerprint density at radius 2 is 2.22 bits per heavy atom. The van der Waals surface area contributed by atoms with Crippen molar-refractivity contribution >= 4 is 5.82 Å². The fourth-order valence-electron chi connectivity index (χ4n) is 1.97. The molecule has 1 aromatic heterocycles. The summed E-state index contributed by atoms with van der Waals surface area (Å²) < 4.78 is 43.5. The monoisotopic (exact) mass is 261 g/mol. The Balaban J connectivity index is 2.19. The van der Waals surface area contributed by atoms with Crippen molar-refractivity contribution in [1.29, 1.82) is 0 Å². The molecule has 1 saturated heterocycles. The van der Waals surface area contributed by atoms with E-state index in [0.717, 1.165) is 6.07 Å². The minimum absolute atomic E-state index is 0.152. The number of aromatic nitrogens is 1. The van der Waals surface area contributed by atoms with E-state index in [9.17, 15) is 13.2 Å². The zero-order valence-corrected chi connectivity index (χ0v) is 9.79. The van der Waals surface area contributed by atoms with Crippen LogP contribution in [0.15, 0.2) is 18.3 Å². The van der Waals surface area contributed by atoms with Crippen LogP contribution in [0.4, 0.5) is 19.0 Å². The first-order chi connectivity index (χ1) is 8.52. The molecule has 0 aliphatic carbocycles. The van der Waals surface area contributed by atoms with Crippen LogP contribution in [-0.4, -0.2) is 37.3 Å². The highest BCUT2D eigenvalue weighted by Crippen LogP contribution is 2.33. The molecule has 1 fully saturated rings. The van der Waals surface area contributed by atoms with Gasteiger partial charge in [0.05, 0.1) is 17.7 Å². The molecule has 100 valence electrons. The second-order valence-corrected chi connectivity index (χ2v) is 4.08. The van der Waals surface area contributed by atoms with Crippen molar-refractivity contribution in [3.05, 3.63) is 23.9 Å². The van der Waals surface area contributed by atoms with Gasteiger partial charge in [-0.15, -0.1) is 0 Å². The molecule has 1 aliphatic heterocycles. The van der Waals surface area contributed by atoms with Gasteiger partial charge in [0.15, 0.2) is 0 Å². The maximum atomic E-state index is 12.8. The normalized spacial score (nSPS) is 24.2. The van der Waals surface area contributed by atoms with Crippen molar-refractivity contribution < 1.29 is 17.9 Å². The molecule has 18 heavy (non-hydrogen) atoms. The number of nitrogens with one attached hydrogen (secondary N) is 2. The van der Waals surface area contributed by atoms with Gasteiger partial charge in [0.1, 0.15) is 5.82 Å². The Labute approximate surface area is 103 Å². The third kappa shape index (κ3) is 2.73. The van der Waals surface area contributed by atoms with E-state index >= 15 is 0 Å². The number of nitrogens with zero attached hydrogens (tertiary/aromatic N) is 1. The summed E-state index contributed by atoms with van der Waals surface area (Å²) in [6.07, 6.45) is -3.24. The van der Waals surface area contributed by atoms with Crippen molar-refractivity contribution in [2.45, 2.75) is 18.3 Å². The molecule has 0 radical (unpaired) electrons. The molecule has 1 unspecified atom stereocenters. The molecular formula is C11H14F3N3O. The molecule has 1 aromatic rings. The van der Waals surface area contributed by atoms with E-state index in [1.807, 2.05) is 0 Å². The van der Waals surface area contributed by atoms with Gasteiger partial charge < -0.3 is 15.4 Å². The van der Waals surface area contributed by atoms with Gasteiger partial charge in [-0.2, -0.15) is 13.2 Å². The molecule has 2 N–H and O–H groups in total. The molecule has 2 atom stereocenters. The molecule has 0 bridgehead atoms. The predicted molar refractivity (Wildman–Crippen MR) is 60.3 cm³/mol. The van der Waals surface area contributed by atoms with Gasteiger partial charge in [-0.1, -0.05) is 0 Å². The van der Waals surface area contributed by atoms with E-state index in [-0.39, 0.29) is 18.0 Å². The first-order valence-electron chi connectivity index (χ1n) is 5.54. The second kappa shape index (κ2) is 5.11. The lowest BCUT2D eigenvalue weighted by Crippen LogP contribution is -2.34. The fraction of sp³-hybridized carbons (Fsp3) is 0.545. The van der Waals surface area contributed by atoms with Crippen LogP contribution in [0, 0.1) is 0 Å². The molecule has 1 aliphatic rings. The number of anilines is 1. The van der Waals surface area contributed by atoms with E-state index in [0.29, 0.717) is 13.1 Å². The third-order valence-corrected chi connectivity index (χ3v) is 2.90. The number of halogens is 3. The summed E-state index contributed by atoms with van der Waals surface area (Å²) in [6, 6.07) is 2.07. The quantitative estimate of drug-likeness (QED) is 0.865. The highest BCUT2D eigenvalue weighted by molar-refractivity contribution is 5.46. The Kier molecular flexibility index (Phi) is 3.72. The van der Waals surface area contributed by atoms with Gasteiger partial charge in [0, 0.05) is 26.4 Å².